The Morgan fingerprint density at radius 2 is 1.52 bits per heavy atom. The molecule has 0 aliphatic heterocycles. The van der Waals surface area contributed by atoms with Crippen molar-refractivity contribution in [3.8, 4) is 11.5 Å². The molecule has 6 nitrogen and oxygen atoms in total. The number of phenolic OH excluding ortho intramolecular Hbond substituents is 1. The fraction of sp³-hybridized carbons (Fsp3) is 0.304. The van der Waals surface area contributed by atoms with Gasteiger partial charge in [-0.1, -0.05) is 24.3 Å². The molecule has 0 unspecified atom stereocenters. The molecule has 2 aromatic heterocycles. The van der Waals surface area contributed by atoms with Gasteiger partial charge in [-0.3, -0.25) is 19.8 Å². The van der Waals surface area contributed by atoms with Crippen molar-refractivity contribution in [3.05, 3.63) is 83.9 Å². The van der Waals surface area contributed by atoms with E-state index >= 15 is 0 Å². The number of likely N-dealkylation sites (N-methyl/N-ethyl adjacent to an activating group) is 1. The third-order valence-electron chi connectivity index (χ3n) is 4.76. The summed E-state index contributed by atoms with van der Waals surface area (Å²) in [7, 11) is 3.66. The molecule has 0 saturated carbocycles. The van der Waals surface area contributed by atoms with Gasteiger partial charge in [0.05, 0.1) is 18.5 Å². The number of para-hydroxylation sites is 1. The van der Waals surface area contributed by atoms with Crippen LogP contribution in [0, 0.1) is 0 Å². The van der Waals surface area contributed by atoms with Gasteiger partial charge in [0.25, 0.3) is 0 Å². The van der Waals surface area contributed by atoms with Crippen molar-refractivity contribution in [2.24, 2.45) is 0 Å². The maximum absolute atomic E-state index is 10.5. The number of hydrogen-bond donors (Lipinski definition) is 1. The van der Waals surface area contributed by atoms with Crippen molar-refractivity contribution < 1.29 is 9.84 Å². The average Bonchev–Trinajstić information content (AvgIpc) is 2.75. The summed E-state index contributed by atoms with van der Waals surface area (Å²) in [5.41, 5.74) is 2.90. The fourth-order valence-electron chi connectivity index (χ4n) is 3.20. The summed E-state index contributed by atoms with van der Waals surface area (Å²) in [6, 6.07) is 17.5. The van der Waals surface area contributed by atoms with Gasteiger partial charge in [-0.2, -0.15) is 0 Å². The number of aromatic hydroxyl groups is 1. The van der Waals surface area contributed by atoms with Crippen LogP contribution in [0.3, 0.4) is 0 Å². The molecule has 1 N–H and O–H groups in total. The topological polar surface area (TPSA) is 61.7 Å². The number of hydrogen-bond acceptors (Lipinski definition) is 6. The van der Waals surface area contributed by atoms with Gasteiger partial charge in [0, 0.05) is 50.7 Å². The van der Waals surface area contributed by atoms with E-state index in [1.54, 1.807) is 13.2 Å². The van der Waals surface area contributed by atoms with Gasteiger partial charge in [0.1, 0.15) is 0 Å². The third-order valence-corrected chi connectivity index (χ3v) is 4.76. The molecule has 0 amide bonds. The van der Waals surface area contributed by atoms with Crippen LogP contribution in [0.1, 0.15) is 17.0 Å². The molecule has 0 bridgehead atoms. The van der Waals surface area contributed by atoms with Crippen molar-refractivity contribution in [1.29, 1.82) is 0 Å². The number of pyridine rings is 2. The first kappa shape index (κ1) is 20.8. The second-order valence-corrected chi connectivity index (χ2v) is 7.06. The minimum atomic E-state index is 0.197. The SMILES string of the molecule is COc1cccc(CN(CCN(C)Cc2ccccn2)Cc2ccccn2)c1O. The molecule has 0 spiro atoms. The second-order valence-electron chi connectivity index (χ2n) is 7.06. The average molecular weight is 393 g/mol. The van der Waals surface area contributed by atoms with Crippen LogP contribution in [-0.4, -0.2) is 52.1 Å². The summed E-state index contributed by atoms with van der Waals surface area (Å²) in [6.07, 6.45) is 3.63. The lowest BCUT2D eigenvalue weighted by atomic mass is 10.1. The van der Waals surface area contributed by atoms with E-state index < -0.39 is 0 Å². The Bertz CT molecular complexity index is 875. The highest BCUT2D eigenvalue weighted by atomic mass is 16.5. The van der Waals surface area contributed by atoms with Crippen LogP contribution in [0.15, 0.2) is 67.0 Å². The number of methoxy groups -OCH3 is 1. The van der Waals surface area contributed by atoms with Gasteiger partial charge in [0.2, 0.25) is 0 Å². The van der Waals surface area contributed by atoms with Crippen LogP contribution < -0.4 is 4.74 Å². The standard InChI is InChI=1S/C23H28N4O2/c1-26(17-20-9-3-5-12-24-20)14-15-27(18-21-10-4-6-13-25-21)16-19-8-7-11-22(29-2)23(19)28/h3-13,28H,14-18H2,1-2H3. The zero-order valence-corrected chi connectivity index (χ0v) is 17.0. The van der Waals surface area contributed by atoms with E-state index in [-0.39, 0.29) is 5.75 Å². The van der Waals surface area contributed by atoms with E-state index in [9.17, 15) is 5.11 Å². The zero-order chi connectivity index (χ0) is 20.5. The molecule has 6 heteroatoms. The zero-order valence-electron chi connectivity index (χ0n) is 17.0. The highest BCUT2D eigenvalue weighted by molar-refractivity contribution is 5.45. The van der Waals surface area contributed by atoms with Gasteiger partial charge >= 0.3 is 0 Å². The van der Waals surface area contributed by atoms with E-state index in [1.165, 1.54) is 0 Å². The van der Waals surface area contributed by atoms with Crippen molar-refractivity contribution in [3.63, 3.8) is 0 Å². The quantitative estimate of drug-likeness (QED) is 0.571. The van der Waals surface area contributed by atoms with Crippen molar-refractivity contribution >= 4 is 0 Å². The van der Waals surface area contributed by atoms with E-state index in [0.29, 0.717) is 18.8 Å². The number of phenols is 1. The van der Waals surface area contributed by atoms with Crippen LogP contribution >= 0.6 is 0 Å². The maximum atomic E-state index is 10.5. The summed E-state index contributed by atoms with van der Waals surface area (Å²) in [4.78, 5) is 13.4. The molecule has 29 heavy (non-hydrogen) atoms. The molecule has 2 heterocycles. The lowest BCUT2D eigenvalue weighted by Crippen LogP contribution is -2.33. The Kier molecular flexibility index (Phi) is 7.55. The number of rotatable bonds is 10. The molecular weight excluding hydrogens is 364 g/mol. The summed E-state index contributed by atoms with van der Waals surface area (Å²) < 4.78 is 5.25. The Morgan fingerprint density at radius 1 is 0.828 bits per heavy atom. The molecule has 1 aromatic carbocycles. The lowest BCUT2D eigenvalue weighted by molar-refractivity contribution is 0.204. The third kappa shape index (κ3) is 6.27. The summed E-state index contributed by atoms with van der Waals surface area (Å²) in [6.45, 7) is 3.80. The van der Waals surface area contributed by atoms with Crippen LogP contribution in [0.4, 0.5) is 0 Å². The van der Waals surface area contributed by atoms with E-state index in [4.69, 9.17) is 4.74 Å². The highest BCUT2D eigenvalue weighted by Crippen LogP contribution is 2.30. The first-order chi connectivity index (χ1) is 14.2. The number of benzene rings is 1. The molecular formula is C23H28N4O2. The predicted molar refractivity (Wildman–Crippen MR) is 114 cm³/mol. The monoisotopic (exact) mass is 392 g/mol. The molecule has 3 rings (SSSR count). The lowest BCUT2D eigenvalue weighted by Gasteiger charge is -2.26. The Morgan fingerprint density at radius 3 is 2.14 bits per heavy atom. The minimum absolute atomic E-state index is 0.197. The van der Waals surface area contributed by atoms with Crippen LogP contribution in [0.25, 0.3) is 0 Å². The smallest absolute Gasteiger partial charge is 0.162 e. The molecule has 0 atom stereocenters. The Labute approximate surface area is 172 Å². The van der Waals surface area contributed by atoms with Gasteiger partial charge < -0.3 is 9.84 Å². The van der Waals surface area contributed by atoms with E-state index in [2.05, 4.69) is 26.8 Å². The molecule has 0 saturated heterocycles. The van der Waals surface area contributed by atoms with Gasteiger partial charge in [0.15, 0.2) is 11.5 Å². The van der Waals surface area contributed by atoms with Crippen LogP contribution in [0.2, 0.25) is 0 Å². The molecule has 0 aliphatic carbocycles. The van der Waals surface area contributed by atoms with E-state index in [1.807, 2.05) is 60.9 Å². The largest absolute Gasteiger partial charge is 0.504 e. The first-order valence-electron chi connectivity index (χ1n) is 9.71. The summed E-state index contributed by atoms with van der Waals surface area (Å²) in [5.74, 6) is 0.690. The van der Waals surface area contributed by atoms with Gasteiger partial charge in [-0.15, -0.1) is 0 Å². The Hall–Kier alpha value is -2.96. The summed E-state index contributed by atoms with van der Waals surface area (Å²) in [5, 5.41) is 10.5. The van der Waals surface area contributed by atoms with Crippen LogP contribution in [-0.2, 0) is 19.6 Å². The van der Waals surface area contributed by atoms with Crippen molar-refractivity contribution in [2.75, 3.05) is 27.2 Å². The maximum Gasteiger partial charge on any atom is 0.162 e. The molecule has 0 radical (unpaired) electrons. The number of aromatic nitrogens is 2. The highest BCUT2D eigenvalue weighted by Gasteiger charge is 2.14. The van der Waals surface area contributed by atoms with Crippen LogP contribution in [0.5, 0.6) is 11.5 Å². The molecule has 0 aliphatic rings. The first-order valence-corrected chi connectivity index (χ1v) is 9.71. The minimum Gasteiger partial charge on any atom is -0.504 e. The normalized spacial score (nSPS) is 11.2. The molecule has 0 fully saturated rings. The van der Waals surface area contributed by atoms with Crippen molar-refractivity contribution in [1.82, 2.24) is 19.8 Å². The predicted octanol–water partition coefficient (Wildman–Crippen LogP) is 3.33. The number of nitrogens with zero attached hydrogens (tertiary/aromatic N) is 4. The van der Waals surface area contributed by atoms with Crippen molar-refractivity contribution in [2.45, 2.75) is 19.6 Å². The molecule has 3 aromatic rings. The number of ether oxygens (including phenoxy) is 1. The second kappa shape index (κ2) is 10.5. The van der Waals surface area contributed by atoms with E-state index in [0.717, 1.165) is 36.6 Å². The molecule has 152 valence electrons. The fourth-order valence-corrected chi connectivity index (χ4v) is 3.20. The Balaban J connectivity index is 1.67. The van der Waals surface area contributed by atoms with Gasteiger partial charge in [-0.05, 0) is 37.4 Å². The summed E-state index contributed by atoms with van der Waals surface area (Å²) >= 11 is 0. The van der Waals surface area contributed by atoms with Gasteiger partial charge in [-0.25, -0.2) is 0 Å².